The van der Waals surface area contributed by atoms with Crippen molar-refractivity contribution in [3.63, 3.8) is 0 Å². The standard InChI is InChI=1S/C12H11N3O5S/c1-18-8-7(13-21-14-8)6-9-15-4-2-12(6,3-5-15)20-11(17)10(16)19-9/h2-5H2,1H3. The van der Waals surface area contributed by atoms with E-state index in [1.165, 1.54) is 7.11 Å². The highest BCUT2D eigenvalue weighted by molar-refractivity contribution is 6.99. The zero-order chi connectivity index (χ0) is 14.6. The highest BCUT2D eigenvalue weighted by atomic mass is 32.1. The van der Waals surface area contributed by atoms with Crippen LogP contribution in [-0.4, -0.2) is 51.4 Å². The molecule has 0 radical (unpaired) electrons. The van der Waals surface area contributed by atoms with Crippen molar-refractivity contribution in [1.29, 1.82) is 0 Å². The van der Waals surface area contributed by atoms with Gasteiger partial charge in [-0.25, -0.2) is 9.59 Å². The summed E-state index contributed by atoms with van der Waals surface area (Å²) in [6, 6.07) is 0. The van der Waals surface area contributed by atoms with Gasteiger partial charge in [0, 0.05) is 25.9 Å². The average molecular weight is 309 g/mol. The fourth-order valence-electron chi connectivity index (χ4n) is 3.08. The van der Waals surface area contributed by atoms with Crippen LogP contribution in [0.4, 0.5) is 0 Å². The van der Waals surface area contributed by atoms with Gasteiger partial charge < -0.3 is 19.1 Å². The summed E-state index contributed by atoms with van der Waals surface area (Å²) in [5.74, 6) is -1.28. The smallest absolute Gasteiger partial charge is 0.424 e. The Morgan fingerprint density at radius 1 is 1.24 bits per heavy atom. The second-order valence-electron chi connectivity index (χ2n) is 5.06. The molecule has 4 aliphatic rings. The molecule has 1 saturated heterocycles. The number of rotatable bonds is 2. The third-order valence-electron chi connectivity index (χ3n) is 4.06. The van der Waals surface area contributed by atoms with Gasteiger partial charge in [0.1, 0.15) is 5.60 Å². The first kappa shape index (κ1) is 12.6. The van der Waals surface area contributed by atoms with E-state index in [2.05, 4.69) is 8.75 Å². The van der Waals surface area contributed by atoms with Gasteiger partial charge in [-0.15, -0.1) is 4.37 Å². The Bertz CT molecular complexity index is 674. The van der Waals surface area contributed by atoms with E-state index in [-0.39, 0.29) is 0 Å². The van der Waals surface area contributed by atoms with Gasteiger partial charge in [-0.3, -0.25) is 0 Å². The highest BCUT2D eigenvalue weighted by Crippen LogP contribution is 2.50. The van der Waals surface area contributed by atoms with Crippen molar-refractivity contribution in [3.05, 3.63) is 11.6 Å². The fraction of sp³-hybridized carbons (Fsp3) is 0.500. The number of esters is 2. The van der Waals surface area contributed by atoms with Crippen LogP contribution >= 0.6 is 11.7 Å². The normalized spacial score (nSPS) is 22.8. The number of hydrogen-bond acceptors (Lipinski definition) is 9. The lowest BCUT2D eigenvalue weighted by Crippen LogP contribution is -2.52. The van der Waals surface area contributed by atoms with Gasteiger partial charge >= 0.3 is 11.9 Å². The van der Waals surface area contributed by atoms with E-state index < -0.39 is 17.5 Å². The van der Waals surface area contributed by atoms with Crippen LogP contribution in [0.5, 0.6) is 5.88 Å². The lowest BCUT2D eigenvalue weighted by atomic mass is 9.78. The number of methoxy groups -OCH3 is 1. The molecule has 3 bridgehead atoms. The van der Waals surface area contributed by atoms with Crippen molar-refractivity contribution >= 4 is 29.2 Å². The number of ether oxygens (including phenoxy) is 3. The number of fused-ring (bicyclic) bond motifs is 2. The Hall–Kier alpha value is -2.16. The van der Waals surface area contributed by atoms with Gasteiger partial charge in [-0.1, -0.05) is 0 Å². The Kier molecular flexibility index (Phi) is 2.49. The highest BCUT2D eigenvalue weighted by Gasteiger charge is 2.55. The molecule has 0 aliphatic carbocycles. The summed E-state index contributed by atoms with van der Waals surface area (Å²) in [4.78, 5) is 25.4. The van der Waals surface area contributed by atoms with Crippen LogP contribution in [-0.2, 0) is 19.1 Å². The van der Waals surface area contributed by atoms with E-state index in [1.54, 1.807) is 0 Å². The number of carbonyl (C=O) groups is 2. The van der Waals surface area contributed by atoms with E-state index in [0.29, 0.717) is 49.0 Å². The number of nitrogens with zero attached hydrogens (tertiary/aromatic N) is 3. The van der Waals surface area contributed by atoms with Gasteiger partial charge in [-0.05, 0) is 0 Å². The summed E-state index contributed by atoms with van der Waals surface area (Å²) < 4.78 is 24.2. The van der Waals surface area contributed by atoms with Gasteiger partial charge in [0.25, 0.3) is 5.88 Å². The molecule has 21 heavy (non-hydrogen) atoms. The molecular weight excluding hydrogens is 298 g/mol. The van der Waals surface area contributed by atoms with Gasteiger partial charge in [0.2, 0.25) is 5.88 Å². The maximum Gasteiger partial charge on any atom is 0.424 e. The van der Waals surface area contributed by atoms with Crippen molar-refractivity contribution < 1.29 is 23.8 Å². The number of carbonyl (C=O) groups excluding carboxylic acids is 2. The van der Waals surface area contributed by atoms with Gasteiger partial charge in [-0.2, -0.15) is 4.37 Å². The Labute approximate surface area is 123 Å². The molecule has 0 aromatic carbocycles. The maximum absolute atomic E-state index is 11.8. The molecule has 0 atom stereocenters. The second-order valence-corrected chi connectivity index (χ2v) is 5.59. The first-order valence-corrected chi connectivity index (χ1v) is 7.19. The Balaban J connectivity index is 1.96. The molecule has 110 valence electrons. The van der Waals surface area contributed by atoms with E-state index in [9.17, 15) is 9.59 Å². The summed E-state index contributed by atoms with van der Waals surface area (Å²) in [5.41, 5.74) is 0.185. The van der Waals surface area contributed by atoms with E-state index in [1.807, 2.05) is 4.90 Å². The number of aromatic nitrogens is 2. The molecule has 1 fully saturated rings. The van der Waals surface area contributed by atoms with Crippen LogP contribution < -0.4 is 4.74 Å². The zero-order valence-corrected chi connectivity index (χ0v) is 11.9. The molecule has 9 heteroatoms. The molecule has 0 unspecified atom stereocenters. The van der Waals surface area contributed by atoms with Crippen LogP contribution in [0.1, 0.15) is 18.5 Å². The van der Waals surface area contributed by atoms with Crippen molar-refractivity contribution in [2.45, 2.75) is 18.4 Å². The Morgan fingerprint density at radius 3 is 2.71 bits per heavy atom. The molecule has 1 spiro atoms. The Morgan fingerprint density at radius 2 is 2.00 bits per heavy atom. The third kappa shape index (κ3) is 1.60. The average Bonchev–Trinajstić information content (AvgIpc) is 2.94. The van der Waals surface area contributed by atoms with E-state index in [4.69, 9.17) is 14.2 Å². The molecule has 0 N–H and O–H groups in total. The minimum Gasteiger partial charge on any atom is -0.479 e. The second kappa shape index (κ2) is 4.17. The van der Waals surface area contributed by atoms with Crippen LogP contribution in [0.2, 0.25) is 0 Å². The molecule has 5 heterocycles. The number of hydrogen-bond donors (Lipinski definition) is 0. The molecule has 5 rings (SSSR count). The van der Waals surface area contributed by atoms with Crippen molar-refractivity contribution in [1.82, 2.24) is 13.6 Å². The largest absolute Gasteiger partial charge is 0.479 e. The predicted molar refractivity (Wildman–Crippen MR) is 69.1 cm³/mol. The van der Waals surface area contributed by atoms with Crippen LogP contribution in [0, 0.1) is 0 Å². The summed E-state index contributed by atoms with van der Waals surface area (Å²) >= 11 is 0.997. The SMILES string of the molecule is COc1nsnc1C1=C2OC(=O)C(=O)OC13CCN2CC3. The molecular formula is C12H11N3O5S. The first-order chi connectivity index (χ1) is 10.1. The summed E-state index contributed by atoms with van der Waals surface area (Å²) in [5, 5.41) is 0. The number of piperidine rings is 1. The third-order valence-corrected chi connectivity index (χ3v) is 4.57. The molecule has 8 nitrogen and oxygen atoms in total. The lowest BCUT2D eigenvalue weighted by Gasteiger charge is -2.47. The monoisotopic (exact) mass is 309 g/mol. The fourth-order valence-corrected chi connectivity index (χ4v) is 3.60. The van der Waals surface area contributed by atoms with Crippen LogP contribution in [0.25, 0.3) is 5.57 Å². The van der Waals surface area contributed by atoms with Crippen LogP contribution in [0.15, 0.2) is 5.88 Å². The van der Waals surface area contributed by atoms with Crippen LogP contribution in [0.3, 0.4) is 0 Å². The lowest BCUT2D eigenvalue weighted by molar-refractivity contribution is -0.169. The van der Waals surface area contributed by atoms with E-state index >= 15 is 0 Å². The molecule has 0 saturated carbocycles. The summed E-state index contributed by atoms with van der Waals surface area (Å²) in [6.07, 6.45) is 1.18. The first-order valence-electron chi connectivity index (χ1n) is 6.46. The van der Waals surface area contributed by atoms with Gasteiger partial charge in [0.15, 0.2) is 5.69 Å². The van der Waals surface area contributed by atoms with E-state index in [0.717, 1.165) is 11.7 Å². The predicted octanol–water partition coefficient (Wildman–Crippen LogP) is 0.163. The molecule has 0 amide bonds. The molecule has 4 aliphatic heterocycles. The van der Waals surface area contributed by atoms with Gasteiger partial charge in [0.05, 0.1) is 24.4 Å². The zero-order valence-electron chi connectivity index (χ0n) is 11.1. The maximum atomic E-state index is 11.8. The summed E-state index contributed by atoms with van der Waals surface area (Å²) in [6.45, 7) is 1.33. The topological polar surface area (TPSA) is 90.9 Å². The molecule has 1 aromatic rings. The van der Waals surface area contributed by atoms with Crippen molar-refractivity contribution in [2.24, 2.45) is 0 Å². The minimum absolute atomic E-state index is 0.342. The molecule has 1 aromatic heterocycles. The van der Waals surface area contributed by atoms with Crippen molar-refractivity contribution in [2.75, 3.05) is 20.2 Å². The van der Waals surface area contributed by atoms with Crippen molar-refractivity contribution in [3.8, 4) is 5.88 Å². The quantitative estimate of drug-likeness (QED) is 0.564. The summed E-state index contributed by atoms with van der Waals surface area (Å²) in [7, 11) is 1.49. The minimum atomic E-state index is -1.000.